The maximum atomic E-state index is 2.44. The molecule has 0 radical (unpaired) electrons. The number of hydrogen-bond donors (Lipinski definition) is 0. The highest BCUT2D eigenvalue weighted by molar-refractivity contribution is 5.97. The van der Waals surface area contributed by atoms with E-state index in [0.29, 0.717) is 0 Å². The van der Waals surface area contributed by atoms with Crippen molar-refractivity contribution in [2.75, 3.05) is 0 Å². The van der Waals surface area contributed by atoms with Crippen molar-refractivity contribution < 1.29 is 0 Å². The van der Waals surface area contributed by atoms with Gasteiger partial charge in [-0.05, 0) is 91.4 Å². The Hall–Kier alpha value is -4.68. The molecule has 0 bridgehead atoms. The van der Waals surface area contributed by atoms with E-state index in [1.165, 1.54) is 66.8 Å². The molecular formula is C37H26. The lowest BCUT2D eigenvalue weighted by Gasteiger charge is -2.16. The van der Waals surface area contributed by atoms with Gasteiger partial charge >= 0.3 is 0 Å². The molecular weight excluding hydrogens is 444 g/mol. The minimum Gasteiger partial charge on any atom is -0.0622 e. The van der Waals surface area contributed by atoms with Crippen molar-refractivity contribution >= 4 is 0 Å². The zero-order chi connectivity index (χ0) is 24.6. The van der Waals surface area contributed by atoms with E-state index < -0.39 is 0 Å². The van der Waals surface area contributed by atoms with E-state index in [1.54, 1.807) is 0 Å². The van der Waals surface area contributed by atoms with Crippen molar-refractivity contribution in [3.63, 3.8) is 0 Å². The highest BCUT2D eigenvalue weighted by Gasteiger charge is 2.26. The summed E-state index contributed by atoms with van der Waals surface area (Å²) in [5.74, 6) is 0. The number of hydrogen-bond acceptors (Lipinski definition) is 0. The van der Waals surface area contributed by atoms with Crippen LogP contribution in [0.25, 0.3) is 55.6 Å². The summed E-state index contributed by atoms with van der Waals surface area (Å²) in [4.78, 5) is 0. The predicted octanol–water partition coefficient (Wildman–Crippen LogP) is 9.93. The van der Waals surface area contributed by atoms with Crippen LogP contribution in [0, 0.1) is 0 Å². The molecule has 1 aliphatic rings. The first-order chi connectivity index (χ1) is 18.3. The lowest BCUT2D eigenvalue weighted by Crippen LogP contribution is -1.91. The van der Waals surface area contributed by atoms with Gasteiger partial charge in [0.05, 0.1) is 0 Å². The molecule has 0 heteroatoms. The van der Waals surface area contributed by atoms with Gasteiger partial charge in [0.25, 0.3) is 0 Å². The van der Waals surface area contributed by atoms with Crippen LogP contribution in [0.2, 0.25) is 0 Å². The smallest absolute Gasteiger partial charge is 0.00128 e. The van der Waals surface area contributed by atoms with Crippen LogP contribution in [-0.2, 0) is 6.42 Å². The minimum absolute atomic E-state index is 0.945. The Morgan fingerprint density at radius 3 is 1.30 bits per heavy atom. The Morgan fingerprint density at radius 2 is 0.757 bits per heavy atom. The first kappa shape index (κ1) is 21.6. The van der Waals surface area contributed by atoms with Gasteiger partial charge in [0.2, 0.25) is 0 Å². The molecule has 0 amide bonds. The lowest BCUT2D eigenvalue weighted by atomic mass is 9.87. The maximum absolute atomic E-state index is 2.44. The van der Waals surface area contributed by atoms with Crippen LogP contribution in [-0.4, -0.2) is 0 Å². The van der Waals surface area contributed by atoms with E-state index in [2.05, 4.69) is 146 Å². The van der Waals surface area contributed by atoms with Crippen LogP contribution in [0.5, 0.6) is 0 Å². The molecule has 0 heterocycles. The van der Waals surface area contributed by atoms with Crippen LogP contribution < -0.4 is 0 Å². The SMILES string of the molecule is c1ccc(-c2cc3c(c(-c4ccccc4)c2)-c2cc(-c4ccccc4)c(-c4ccccc4)cc2C3)cc1. The average molecular weight is 471 g/mol. The van der Waals surface area contributed by atoms with E-state index in [4.69, 9.17) is 0 Å². The van der Waals surface area contributed by atoms with Gasteiger partial charge < -0.3 is 0 Å². The number of rotatable bonds is 4. The summed E-state index contributed by atoms with van der Waals surface area (Å²) in [5, 5.41) is 0. The Balaban J connectivity index is 1.50. The molecule has 6 aromatic rings. The average Bonchev–Trinajstić information content (AvgIpc) is 3.35. The fraction of sp³-hybridized carbons (Fsp3) is 0.0270. The largest absolute Gasteiger partial charge is 0.0622 e. The first-order valence-electron chi connectivity index (χ1n) is 12.9. The van der Waals surface area contributed by atoms with Crippen molar-refractivity contribution in [1.29, 1.82) is 0 Å². The van der Waals surface area contributed by atoms with Crippen molar-refractivity contribution in [1.82, 2.24) is 0 Å². The Bertz CT molecular complexity index is 1700. The molecule has 0 fully saturated rings. The van der Waals surface area contributed by atoms with Crippen molar-refractivity contribution in [3.8, 4) is 55.6 Å². The van der Waals surface area contributed by atoms with Crippen molar-refractivity contribution in [2.45, 2.75) is 6.42 Å². The normalized spacial score (nSPS) is 11.7. The van der Waals surface area contributed by atoms with Crippen LogP contribution in [0.15, 0.2) is 146 Å². The minimum atomic E-state index is 0.945. The van der Waals surface area contributed by atoms with Crippen LogP contribution >= 0.6 is 0 Å². The molecule has 174 valence electrons. The van der Waals surface area contributed by atoms with E-state index in [0.717, 1.165) is 6.42 Å². The molecule has 7 rings (SSSR count). The molecule has 0 aromatic heterocycles. The van der Waals surface area contributed by atoms with Crippen molar-refractivity contribution in [3.05, 3.63) is 157 Å². The second kappa shape index (κ2) is 9.08. The topological polar surface area (TPSA) is 0 Å². The summed E-state index contributed by atoms with van der Waals surface area (Å²) in [6, 6.07) is 52.8. The molecule has 6 aromatic carbocycles. The highest BCUT2D eigenvalue weighted by atomic mass is 14.3. The molecule has 0 atom stereocenters. The second-order valence-corrected chi connectivity index (χ2v) is 9.75. The van der Waals surface area contributed by atoms with E-state index in [9.17, 15) is 0 Å². The van der Waals surface area contributed by atoms with Gasteiger partial charge in [0, 0.05) is 0 Å². The molecule has 0 N–H and O–H groups in total. The Labute approximate surface area is 218 Å². The maximum Gasteiger partial charge on any atom is -0.00128 e. The third-order valence-corrected chi connectivity index (χ3v) is 7.48. The van der Waals surface area contributed by atoms with Gasteiger partial charge in [-0.3, -0.25) is 0 Å². The zero-order valence-electron chi connectivity index (χ0n) is 20.6. The third kappa shape index (κ3) is 3.88. The fourth-order valence-corrected chi connectivity index (χ4v) is 5.74. The van der Waals surface area contributed by atoms with Gasteiger partial charge in [-0.25, -0.2) is 0 Å². The second-order valence-electron chi connectivity index (χ2n) is 9.75. The molecule has 0 saturated heterocycles. The molecule has 0 unspecified atom stereocenters. The van der Waals surface area contributed by atoms with E-state index in [-0.39, 0.29) is 0 Å². The van der Waals surface area contributed by atoms with E-state index >= 15 is 0 Å². The summed E-state index contributed by atoms with van der Waals surface area (Å²) in [7, 11) is 0. The van der Waals surface area contributed by atoms with Crippen LogP contribution in [0.4, 0.5) is 0 Å². The monoisotopic (exact) mass is 470 g/mol. The molecule has 0 aliphatic heterocycles. The van der Waals surface area contributed by atoms with Crippen LogP contribution in [0.3, 0.4) is 0 Å². The molecule has 0 nitrogen and oxygen atoms in total. The van der Waals surface area contributed by atoms with Crippen molar-refractivity contribution in [2.24, 2.45) is 0 Å². The highest BCUT2D eigenvalue weighted by Crippen LogP contribution is 2.48. The zero-order valence-corrected chi connectivity index (χ0v) is 20.6. The standard InChI is InChI=1S/C37H26/c1-5-13-26(14-6-1)30-21-32-22-31-24-33(27-15-7-2-8-16-27)34(28-17-9-3-10-18-28)25-36(31)37(32)35(23-30)29-19-11-4-12-20-29/h1-21,23-25H,22H2. The van der Waals surface area contributed by atoms with Gasteiger partial charge in [-0.15, -0.1) is 0 Å². The lowest BCUT2D eigenvalue weighted by molar-refractivity contribution is 1.26. The molecule has 1 aliphatic carbocycles. The van der Waals surface area contributed by atoms with Gasteiger partial charge in [0.1, 0.15) is 0 Å². The summed E-state index contributed by atoms with van der Waals surface area (Å²) < 4.78 is 0. The number of benzene rings is 6. The summed E-state index contributed by atoms with van der Waals surface area (Å²) in [6.45, 7) is 0. The van der Waals surface area contributed by atoms with E-state index in [1.807, 2.05) is 0 Å². The molecule has 0 spiro atoms. The van der Waals surface area contributed by atoms with Gasteiger partial charge in [-0.2, -0.15) is 0 Å². The third-order valence-electron chi connectivity index (χ3n) is 7.48. The Kier molecular flexibility index (Phi) is 5.30. The summed E-state index contributed by atoms with van der Waals surface area (Å²) in [6.07, 6.45) is 0.945. The molecule has 0 saturated carbocycles. The van der Waals surface area contributed by atoms with Crippen LogP contribution in [0.1, 0.15) is 11.1 Å². The predicted molar refractivity (Wildman–Crippen MR) is 156 cm³/mol. The quantitative estimate of drug-likeness (QED) is 0.240. The van der Waals surface area contributed by atoms with Gasteiger partial charge in [0.15, 0.2) is 0 Å². The van der Waals surface area contributed by atoms with Gasteiger partial charge in [-0.1, -0.05) is 127 Å². The summed E-state index contributed by atoms with van der Waals surface area (Å²) >= 11 is 0. The summed E-state index contributed by atoms with van der Waals surface area (Å²) in [5.41, 5.74) is 15.7. The number of fused-ring (bicyclic) bond motifs is 3. The molecule has 37 heavy (non-hydrogen) atoms. The fourth-order valence-electron chi connectivity index (χ4n) is 5.74. The first-order valence-corrected chi connectivity index (χ1v) is 12.9. The Morgan fingerprint density at radius 1 is 0.297 bits per heavy atom.